The lowest BCUT2D eigenvalue weighted by molar-refractivity contribution is -0.129. The van der Waals surface area contributed by atoms with E-state index in [0.717, 1.165) is 19.3 Å². The van der Waals surface area contributed by atoms with E-state index in [2.05, 4.69) is 9.97 Å². The highest BCUT2D eigenvalue weighted by Crippen LogP contribution is 2.36. The summed E-state index contributed by atoms with van der Waals surface area (Å²) in [7, 11) is -4.19. The maximum Gasteiger partial charge on any atom is 0.498 e. The number of carbonyl (C=O) groups is 1. The van der Waals surface area contributed by atoms with Crippen LogP contribution in [0.5, 0.6) is 0 Å². The predicted octanol–water partition coefficient (Wildman–Crippen LogP) is 1.81. The van der Waals surface area contributed by atoms with E-state index in [0.29, 0.717) is 30.9 Å². The lowest BCUT2D eigenvalue weighted by Gasteiger charge is -2.32. The summed E-state index contributed by atoms with van der Waals surface area (Å²) in [4.78, 5) is 21.6. The first-order valence-electron chi connectivity index (χ1n) is 10.7. The molecule has 2 fully saturated rings. The van der Waals surface area contributed by atoms with Gasteiger partial charge in [-0.2, -0.15) is 0 Å². The van der Waals surface area contributed by atoms with Gasteiger partial charge in [0.1, 0.15) is 5.88 Å². The number of hydrogen-bond donors (Lipinski definition) is 0. The van der Waals surface area contributed by atoms with E-state index in [-0.39, 0.29) is 22.7 Å². The Balaban J connectivity index is 1.51. The van der Waals surface area contributed by atoms with Crippen molar-refractivity contribution in [1.82, 2.24) is 14.9 Å². The molecule has 0 aromatic carbocycles. The molecule has 0 unspecified atom stereocenters. The van der Waals surface area contributed by atoms with Crippen LogP contribution >= 0.6 is 11.6 Å². The van der Waals surface area contributed by atoms with Gasteiger partial charge in [0.25, 0.3) is 0 Å². The van der Waals surface area contributed by atoms with Crippen LogP contribution in [0.2, 0.25) is 0 Å². The van der Waals surface area contributed by atoms with Crippen LogP contribution in [0.3, 0.4) is 0 Å². The van der Waals surface area contributed by atoms with Crippen LogP contribution in [-0.2, 0) is 23.9 Å². The van der Waals surface area contributed by atoms with Crippen molar-refractivity contribution < 1.29 is 22.5 Å². The van der Waals surface area contributed by atoms with Crippen LogP contribution in [0, 0.1) is 5.92 Å². The van der Waals surface area contributed by atoms with E-state index in [4.69, 9.17) is 20.9 Å². The minimum Gasteiger partial charge on any atom is -0.399 e. The standard InChI is InChI=1S/C20H31BClN3O5S/c1-19(2)20(3,4)30-21(29-19)16-13-23-18(24-14-16)31(27,28)11-5-6-15-7-9-25(10-8-15)17(26)12-22/h13-15H,5-12H2,1-4H3. The van der Waals surface area contributed by atoms with Gasteiger partial charge in [-0.15, -0.1) is 11.6 Å². The Bertz CT molecular complexity index is 871. The van der Waals surface area contributed by atoms with Gasteiger partial charge >= 0.3 is 7.12 Å². The zero-order valence-electron chi connectivity index (χ0n) is 18.6. The zero-order chi connectivity index (χ0) is 22.9. The minimum atomic E-state index is -3.56. The van der Waals surface area contributed by atoms with Gasteiger partial charge in [0.15, 0.2) is 0 Å². The monoisotopic (exact) mass is 471 g/mol. The van der Waals surface area contributed by atoms with Crippen LogP contribution in [0.15, 0.2) is 17.6 Å². The fraction of sp³-hybridized carbons (Fsp3) is 0.750. The molecule has 0 atom stereocenters. The molecule has 0 aliphatic carbocycles. The molecule has 0 radical (unpaired) electrons. The fourth-order valence-electron chi connectivity index (χ4n) is 3.80. The Hall–Kier alpha value is -1.23. The second kappa shape index (κ2) is 9.33. The zero-order valence-corrected chi connectivity index (χ0v) is 20.2. The third-order valence-electron chi connectivity index (χ3n) is 6.56. The molecular weight excluding hydrogens is 441 g/mol. The van der Waals surface area contributed by atoms with E-state index in [1.165, 1.54) is 12.4 Å². The van der Waals surface area contributed by atoms with Crippen molar-refractivity contribution in [2.45, 2.75) is 69.7 Å². The van der Waals surface area contributed by atoms with Crippen LogP contribution in [0.4, 0.5) is 0 Å². The van der Waals surface area contributed by atoms with Crippen LogP contribution in [0.25, 0.3) is 0 Å². The third kappa shape index (κ3) is 5.58. The maximum atomic E-state index is 12.6. The predicted molar refractivity (Wildman–Crippen MR) is 119 cm³/mol. The molecule has 3 rings (SSSR count). The largest absolute Gasteiger partial charge is 0.498 e. The second-order valence-corrected chi connectivity index (χ2v) is 11.6. The molecule has 11 heteroatoms. The molecule has 3 heterocycles. The molecule has 1 amide bonds. The SMILES string of the molecule is CC1(C)OB(c2cnc(S(=O)(=O)CCCC3CCN(C(=O)CCl)CC3)nc2)OC1(C)C. The summed E-state index contributed by atoms with van der Waals surface area (Å²) in [5.74, 6) is 0.393. The van der Waals surface area contributed by atoms with Gasteiger partial charge in [-0.3, -0.25) is 4.79 Å². The van der Waals surface area contributed by atoms with Gasteiger partial charge in [0.2, 0.25) is 20.9 Å². The van der Waals surface area contributed by atoms with Crippen molar-refractivity contribution in [3.63, 3.8) is 0 Å². The molecular formula is C20H31BClN3O5S. The topological polar surface area (TPSA) is 98.7 Å². The Labute approximate surface area is 190 Å². The fourth-order valence-corrected chi connectivity index (χ4v) is 5.12. The number of piperidine rings is 1. The molecule has 1 aromatic heterocycles. The molecule has 0 bridgehead atoms. The highest BCUT2D eigenvalue weighted by atomic mass is 35.5. The molecule has 2 saturated heterocycles. The summed E-state index contributed by atoms with van der Waals surface area (Å²) in [6, 6.07) is 0. The van der Waals surface area contributed by atoms with Gasteiger partial charge in [-0.1, -0.05) is 0 Å². The smallest absolute Gasteiger partial charge is 0.399 e. The number of sulfone groups is 1. The molecule has 2 aliphatic heterocycles. The highest BCUT2D eigenvalue weighted by Gasteiger charge is 2.52. The van der Waals surface area contributed by atoms with Crippen molar-refractivity contribution >= 4 is 39.9 Å². The molecule has 8 nitrogen and oxygen atoms in total. The number of amides is 1. The molecule has 1 aromatic rings. The molecule has 0 saturated carbocycles. The van der Waals surface area contributed by atoms with Crippen molar-refractivity contribution in [2.24, 2.45) is 5.92 Å². The van der Waals surface area contributed by atoms with Gasteiger partial charge in [0.05, 0.1) is 17.0 Å². The van der Waals surface area contributed by atoms with E-state index >= 15 is 0 Å². The van der Waals surface area contributed by atoms with E-state index in [1.807, 2.05) is 27.7 Å². The van der Waals surface area contributed by atoms with Gasteiger partial charge in [-0.05, 0) is 59.3 Å². The van der Waals surface area contributed by atoms with E-state index < -0.39 is 28.2 Å². The molecule has 172 valence electrons. The van der Waals surface area contributed by atoms with E-state index in [9.17, 15) is 13.2 Å². The summed E-state index contributed by atoms with van der Waals surface area (Å²) in [6.07, 6.45) is 6.02. The summed E-state index contributed by atoms with van der Waals surface area (Å²) < 4.78 is 37.2. The minimum absolute atomic E-state index is 0.00363. The van der Waals surface area contributed by atoms with Crippen molar-refractivity contribution in [2.75, 3.05) is 24.7 Å². The number of nitrogens with zero attached hydrogens (tertiary/aromatic N) is 3. The quantitative estimate of drug-likeness (QED) is 0.340. The van der Waals surface area contributed by atoms with Crippen molar-refractivity contribution in [1.29, 1.82) is 0 Å². The third-order valence-corrected chi connectivity index (χ3v) is 8.38. The number of hydrogen-bond acceptors (Lipinski definition) is 7. The number of carbonyl (C=O) groups excluding carboxylic acids is 1. The molecule has 31 heavy (non-hydrogen) atoms. The summed E-state index contributed by atoms with van der Waals surface area (Å²) in [6.45, 7) is 9.18. The molecule has 0 N–H and O–H groups in total. The normalized spacial score (nSPS) is 21.5. The average molecular weight is 472 g/mol. The Morgan fingerprint density at radius 1 is 1.16 bits per heavy atom. The first-order valence-corrected chi connectivity index (χ1v) is 12.9. The number of aromatic nitrogens is 2. The van der Waals surface area contributed by atoms with Gasteiger partial charge < -0.3 is 14.2 Å². The molecule has 2 aliphatic rings. The second-order valence-electron chi connectivity index (χ2n) is 9.31. The Kier molecular flexibility index (Phi) is 7.35. The summed E-state index contributed by atoms with van der Waals surface area (Å²) >= 11 is 5.60. The number of halogens is 1. The number of likely N-dealkylation sites (tertiary alicyclic amines) is 1. The van der Waals surface area contributed by atoms with Gasteiger partial charge in [0, 0.05) is 30.9 Å². The maximum absolute atomic E-state index is 12.6. The lowest BCUT2D eigenvalue weighted by Crippen LogP contribution is -2.41. The highest BCUT2D eigenvalue weighted by molar-refractivity contribution is 7.91. The van der Waals surface area contributed by atoms with Crippen LogP contribution in [0.1, 0.15) is 53.4 Å². The van der Waals surface area contributed by atoms with Crippen LogP contribution in [-0.4, -0.2) is 72.2 Å². The lowest BCUT2D eigenvalue weighted by atomic mass is 9.81. The Morgan fingerprint density at radius 3 is 2.23 bits per heavy atom. The Morgan fingerprint density at radius 2 is 1.71 bits per heavy atom. The van der Waals surface area contributed by atoms with E-state index in [1.54, 1.807) is 4.90 Å². The summed E-state index contributed by atoms with van der Waals surface area (Å²) in [5.41, 5.74) is -0.387. The number of rotatable bonds is 7. The average Bonchev–Trinajstić information content (AvgIpc) is 2.95. The van der Waals surface area contributed by atoms with Crippen molar-refractivity contribution in [3.8, 4) is 0 Å². The number of alkyl halides is 1. The molecule has 0 spiro atoms. The first kappa shape index (κ1) is 24.4. The summed E-state index contributed by atoms with van der Waals surface area (Å²) in [5, 5.41) is -0.171. The first-order chi connectivity index (χ1) is 14.4. The van der Waals surface area contributed by atoms with Gasteiger partial charge in [-0.25, -0.2) is 18.4 Å². The van der Waals surface area contributed by atoms with Crippen molar-refractivity contribution in [3.05, 3.63) is 12.4 Å². The van der Waals surface area contributed by atoms with Crippen LogP contribution < -0.4 is 5.46 Å².